The Bertz CT molecular complexity index is 1470. The maximum atomic E-state index is 14.8. The van der Waals surface area contributed by atoms with Gasteiger partial charge in [0, 0.05) is 55.3 Å². The lowest BCUT2D eigenvalue weighted by Crippen LogP contribution is -2.82. The quantitative estimate of drug-likeness (QED) is 0.338. The topological polar surface area (TPSA) is 176 Å². The first-order chi connectivity index (χ1) is 22.0. The van der Waals surface area contributed by atoms with E-state index in [4.69, 9.17) is 23.4 Å². The highest BCUT2D eigenvalue weighted by Gasteiger charge is 2.82. The van der Waals surface area contributed by atoms with Crippen molar-refractivity contribution in [2.24, 2.45) is 45.3 Å². The molecule has 47 heavy (non-hydrogen) atoms. The Morgan fingerprint density at radius 1 is 1.00 bits per heavy atom. The maximum Gasteiger partial charge on any atom is 0.310 e. The summed E-state index contributed by atoms with van der Waals surface area (Å²) in [6, 6.07) is 1.79. The molecule has 14 atom stereocenters. The van der Waals surface area contributed by atoms with Gasteiger partial charge in [-0.2, -0.15) is 0 Å². The van der Waals surface area contributed by atoms with Crippen molar-refractivity contribution in [3.8, 4) is 0 Å². The highest BCUT2D eigenvalue weighted by Crippen LogP contribution is 2.75. The number of aliphatic hydroxyl groups excluding tert-OH is 2. The lowest BCUT2D eigenvalue weighted by atomic mass is 9.33. The first-order valence-corrected chi connectivity index (χ1v) is 16.6. The second kappa shape index (κ2) is 11.2. The number of aliphatic hydroxyl groups is 2. The minimum Gasteiger partial charge on any atom is -0.472 e. The summed E-state index contributed by atoms with van der Waals surface area (Å²) < 4.78 is 29.2. The van der Waals surface area contributed by atoms with Crippen molar-refractivity contribution in [2.75, 3.05) is 6.61 Å². The normalized spacial score (nSPS) is 46.0. The fourth-order valence-corrected chi connectivity index (χ4v) is 11.0. The van der Waals surface area contributed by atoms with Crippen molar-refractivity contribution in [1.82, 2.24) is 0 Å². The summed E-state index contributed by atoms with van der Waals surface area (Å²) in [5.41, 5.74) is -4.40. The number of rotatable bonds is 6. The fraction of sp³-hybridized carbons (Fsp3) is 0.743. The van der Waals surface area contributed by atoms with E-state index in [1.54, 1.807) is 33.1 Å². The second-order valence-corrected chi connectivity index (χ2v) is 15.4. The number of carbonyl (C=O) groups excluding carboxylic acids is 5. The van der Waals surface area contributed by atoms with Gasteiger partial charge in [0.2, 0.25) is 6.29 Å². The Balaban J connectivity index is 1.54. The number of ketones is 2. The first-order valence-electron chi connectivity index (χ1n) is 16.6. The van der Waals surface area contributed by atoms with Gasteiger partial charge in [0.15, 0.2) is 12.2 Å². The molecule has 0 amide bonds. The summed E-state index contributed by atoms with van der Waals surface area (Å²) >= 11 is 0. The number of hydrogen-bond acceptors (Lipinski definition) is 12. The van der Waals surface area contributed by atoms with Crippen LogP contribution in [0.15, 0.2) is 23.0 Å². The molecule has 1 aliphatic heterocycles. The Hall–Kier alpha value is -3.09. The Morgan fingerprint density at radius 3 is 2.28 bits per heavy atom. The van der Waals surface area contributed by atoms with Crippen molar-refractivity contribution in [2.45, 2.75) is 111 Å². The summed E-state index contributed by atoms with van der Waals surface area (Å²) in [7, 11) is 0. The van der Waals surface area contributed by atoms with Crippen molar-refractivity contribution >= 4 is 29.5 Å². The number of ether oxygens (including phenoxy) is 4. The zero-order valence-corrected chi connectivity index (χ0v) is 28.0. The number of fused-ring (bicyclic) bond motifs is 3. The van der Waals surface area contributed by atoms with Gasteiger partial charge in [0.25, 0.3) is 0 Å². The van der Waals surface area contributed by atoms with Gasteiger partial charge < -0.3 is 33.6 Å². The first kappa shape index (κ1) is 33.8. The van der Waals surface area contributed by atoms with E-state index in [0.717, 1.165) is 12.5 Å². The van der Waals surface area contributed by atoms with Crippen LogP contribution in [0, 0.1) is 45.3 Å². The zero-order valence-electron chi connectivity index (χ0n) is 28.0. The van der Waals surface area contributed by atoms with Crippen LogP contribution in [-0.4, -0.2) is 77.0 Å². The molecule has 5 aliphatic rings. The van der Waals surface area contributed by atoms with Crippen LogP contribution in [0.3, 0.4) is 0 Å². The molecule has 1 saturated heterocycles. The molecule has 4 aliphatic carbocycles. The molecule has 6 rings (SSSR count). The molecule has 12 nitrogen and oxygen atoms in total. The molecule has 2 heterocycles. The second-order valence-electron chi connectivity index (χ2n) is 15.4. The van der Waals surface area contributed by atoms with E-state index in [9.17, 15) is 34.2 Å². The molecule has 12 heteroatoms. The van der Waals surface area contributed by atoms with Crippen LogP contribution in [0.5, 0.6) is 0 Å². The molecule has 2 bridgehead atoms. The molecular weight excluding hydrogens is 612 g/mol. The van der Waals surface area contributed by atoms with E-state index in [0.29, 0.717) is 6.42 Å². The molecule has 0 spiro atoms. The van der Waals surface area contributed by atoms with E-state index in [1.807, 2.05) is 13.8 Å². The SMILES string of the molecule is CCC(C)C(=O)OC1OCC23C(O)C(OC(C)=O)C(OC(C)=O)C1(C)C2CC(O)C1(C)C2C(=O)CC(c4ccoc4)C2(C)CC(=O)C13. The predicted molar refractivity (Wildman–Crippen MR) is 161 cm³/mol. The maximum absolute atomic E-state index is 14.8. The molecule has 258 valence electrons. The monoisotopic (exact) mass is 658 g/mol. The predicted octanol–water partition coefficient (Wildman–Crippen LogP) is 3.11. The Labute approximate surface area is 273 Å². The largest absolute Gasteiger partial charge is 0.472 e. The molecule has 2 N–H and O–H groups in total. The van der Waals surface area contributed by atoms with Crippen LogP contribution in [0.25, 0.3) is 0 Å². The minimum absolute atomic E-state index is 0.0117. The smallest absolute Gasteiger partial charge is 0.310 e. The van der Waals surface area contributed by atoms with Gasteiger partial charge >= 0.3 is 17.9 Å². The number of furan rings is 1. The van der Waals surface area contributed by atoms with E-state index in [1.165, 1.54) is 13.2 Å². The third-order valence-electron chi connectivity index (χ3n) is 13.0. The standard InChI is InChI=1S/C35H46O12/c1-8-16(2)30(42)47-31-33(6)23-12-24(40)34(7)26-21(38)11-20(19-9-10-43-14-19)32(26,5)13-22(39)27(34)35(23,15-44-31)28(41)25(45-17(3)36)29(33)46-18(4)37/h9-10,14,16,20,23-29,31,40-41H,8,11-13,15H2,1-7H3. The highest BCUT2D eigenvalue weighted by atomic mass is 16.7. The fourth-order valence-electron chi connectivity index (χ4n) is 11.0. The minimum atomic E-state index is -1.61. The summed E-state index contributed by atoms with van der Waals surface area (Å²) in [5, 5.41) is 24.7. The zero-order chi connectivity index (χ0) is 34.4. The average molecular weight is 659 g/mol. The van der Waals surface area contributed by atoms with Gasteiger partial charge in [-0.25, -0.2) is 0 Å². The van der Waals surface area contributed by atoms with Crippen molar-refractivity contribution in [1.29, 1.82) is 0 Å². The van der Waals surface area contributed by atoms with E-state index in [-0.39, 0.29) is 43.4 Å². The molecule has 1 aromatic heterocycles. The highest BCUT2D eigenvalue weighted by molar-refractivity contribution is 5.94. The number of Topliss-reactive ketones (excluding diaryl/α,β-unsaturated/α-hetero) is 2. The molecule has 5 fully saturated rings. The van der Waals surface area contributed by atoms with Gasteiger partial charge in [-0.3, -0.25) is 24.0 Å². The van der Waals surface area contributed by atoms with Crippen LogP contribution in [-0.2, 0) is 42.9 Å². The van der Waals surface area contributed by atoms with Crippen LogP contribution < -0.4 is 0 Å². The summed E-state index contributed by atoms with van der Waals surface area (Å²) in [5.74, 6) is -5.93. The van der Waals surface area contributed by atoms with Gasteiger partial charge in [0.05, 0.1) is 36.6 Å². The summed E-state index contributed by atoms with van der Waals surface area (Å²) in [6.07, 6.45) is -3.28. The Morgan fingerprint density at radius 2 is 1.68 bits per heavy atom. The van der Waals surface area contributed by atoms with Crippen LogP contribution in [0.4, 0.5) is 0 Å². The third-order valence-corrected chi connectivity index (χ3v) is 13.0. The average Bonchev–Trinajstić information content (AvgIpc) is 3.61. The van der Waals surface area contributed by atoms with Crippen molar-refractivity contribution < 1.29 is 57.6 Å². The summed E-state index contributed by atoms with van der Waals surface area (Å²) in [6.45, 7) is 10.9. The van der Waals surface area contributed by atoms with Crippen molar-refractivity contribution in [3.63, 3.8) is 0 Å². The lowest BCUT2D eigenvalue weighted by Gasteiger charge is -2.73. The van der Waals surface area contributed by atoms with Crippen LogP contribution >= 0.6 is 0 Å². The van der Waals surface area contributed by atoms with Gasteiger partial charge in [0.1, 0.15) is 17.7 Å². The van der Waals surface area contributed by atoms with Crippen LogP contribution in [0.2, 0.25) is 0 Å². The molecule has 0 radical (unpaired) electrons. The number of esters is 3. The van der Waals surface area contributed by atoms with Crippen LogP contribution in [0.1, 0.15) is 85.6 Å². The number of hydrogen-bond donors (Lipinski definition) is 2. The molecular formula is C35H46O12. The summed E-state index contributed by atoms with van der Waals surface area (Å²) in [4.78, 5) is 67.3. The van der Waals surface area contributed by atoms with E-state index in [2.05, 4.69) is 0 Å². The van der Waals surface area contributed by atoms with E-state index < -0.39 is 93.9 Å². The molecule has 0 aromatic carbocycles. The Kier molecular flexibility index (Phi) is 8.08. The van der Waals surface area contributed by atoms with Gasteiger partial charge in [-0.05, 0) is 42.7 Å². The lowest BCUT2D eigenvalue weighted by molar-refractivity contribution is -0.387. The molecule has 4 saturated carbocycles. The van der Waals surface area contributed by atoms with E-state index >= 15 is 0 Å². The number of carbonyl (C=O) groups is 5. The molecule has 14 unspecified atom stereocenters. The van der Waals surface area contributed by atoms with Crippen molar-refractivity contribution in [3.05, 3.63) is 24.2 Å². The third kappa shape index (κ3) is 4.46. The van der Waals surface area contributed by atoms with Gasteiger partial charge in [-0.15, -0.1) is 0 Å². The molecule has 1 aromatic rings. The van der Waals surface area contributed by atoms with Gasteiger partial charge in [-0.1, -0.05) is 27.7 Å².